The maximum absolute atomic E-state index is 10.1. The minimum atomic E-state index is -0.0892. The second-order valence-electron chi connectivity index (χ2n) is 1.99. The highest BCUT2D eigenvalue weighted by atomic mass is 16.3. The highest BCUT2D eigenvalue weighted by Gasteiger charge is 1.79. The summed E-state index contributed by atoms with van der Waals surface area (Å²) in [5.41, 5.74) is 0.889. The van der Waals surface area contributed by atoms with Crippen molar-refractivity contribution in [3.05, 3.63) is 23.8 Å². The van der Waals surface area contributed by atoms with Gasteiger partial charge in [-0.15, -0.1) is 0 Å². The van der Waals surface area contributed by atoms with E-state index in [1.807, 2.05) is 25.2 Å². The molecule has 0 N–H and O–H groups in total. The molecule has 9 heavy (non-hydrogen) atoms. The van der Waals surface area contributed by atoms with Crippen LogP contribution in [-0.2, 0) is 5.11 Å². The fourth-order valence-corrected chi connectivity index (χ4v) is 0.417. The highest BCUT2D eigenvalue weighted by Crippen LogP contribution is 1.90. The van der Waals surface area contributed by atoms with Crippen molar-refractivity contribution in [2.45, 2.75) is 20.3 Å². The second kappa shape index (κ2) is 5.57. The molecule has 0 aliphatic rings. The lowest BCUT2D eigenvalue weighted by Crippen LogP contribution is -1.78. The third-order valence-electron chi connectivity index (χ3n) is 0.980. The van der Waals surface area contributed by atoms with Gasteiger partial charge in [0.2, 0.25) is 0 Å². The van der Waals surface area contributed by atoms with Crippen LogP contribution in [0.5, 0.6) is 0 Å². The topological polar surface area (TPSA) is 19.9 Å². The molecule has 0 aromatic heterocycles. The van der Waals surface area contributed by atoms with E-state index in [1.165, 1.54) is 0 Å². The van der Waals surface area contributed by atoms with E-state index in [0.717, 1.165) is 12.0 Å². The Hall–Kier alpha value is -0.560. The van der Waals surface area contributed by atoms with Gasteiger partial charge < -0.3 is 0 Å². The molecular formula is C8H13O. The average molecular weight is 125 g/mol. The largest absolute Gasteiger partial charge is 0.232 e. The Balaban J connectivity index is 3.55. The lowest BCUT2D eigenvalue weighted by atomic mass is 10.3. The van der Waals surface area contributed by atoms with Crippen LogP contribution in [0.2, 0.25) is 0 Å². The Morgan fingerprint density at radius 2 is 2.22 bits per heavy atom. The Labute approximate surface area is 56.7 Å². The molecule has 0 aromatic rings. The first-order valence-electron chi connectivity index (χ1n) is 3.21. The maximum atomic E-state index is 10.1. The number of hydrogen-bond donors (Lipinski definition) is 0. The molecule has 0 spiro atoms. The van der Waals surface area contributed by atoms with Crippen LogP contribution in [0.15, 0.2) is 23.8 Å². The van der Waals surface area contributed by atoms with Crippen LogP contribution in [0, 0.1) is 0 Å². The van der Waals surface area contributed by atoms with Crippen LogP contribution in [0.1, 0.15) is 20.3 Å². The number of hydrogen-bond acceptors (Lipinski definition) is 0. The van der Waals surface area contributed by atoms with Gasteiger partial charge >= 0.3 is 0 Å². The standard InChI is InChI=1S/C8H13O/c1-3-4-5-6-8(2)7-9/h4-6H,3,7H2,1-2H3. The summed E-state index contributed by atoms with van der Waals surface area (Å²) in [5, 5.41) is 10.1. The molecule has 0 saturated heterocycles. The van der Waals surface area contributed by atoms with Crippen molar-refractivity contribution in [2.75, 3.05) is 6.61 Å². The summed E-state index contributed by atoms with van der Waals surface area (Å²) in [6.45, 7) is 3.82. The molecule has 0 amide bonds. The van der Waals surface area contributed by atoms with Gasteiger partial charge in [-0.05, 0) is 18.9 Å². The van der Waals surface area contributed by atoms with E-state index in [-0.39, 0.29) is 6.61 Å². The van der Waals surface area contributed by atoms with Crippen molar-refractivity contribution < 1.29 is 5.11 Å². The lowest BCUT2D eigenvalue weighted by Gasteiger charge is -1.85. The maximum Gasteiger partial charge on any atom is 0.103 e. The molecule has 0 bridgehead atoms. The molecule has 1 heteroatoms. The molecule has 0 aliphatic heterocycles. The average Bonchev–Trinajstić information content (AvgIpc) is 1.89. The highest BCUT2D eigenvalue weighted by molar-refractivity contribution is 5.09. The quantitative estimate of drug-likeness (QED) is 0.516. The fraction of sp³-hybridized carbons (Fsp3) is 0.500. The van der Waals surface area contributed by atoms with Gasteiger partial charge in [-0.3, -0.25) is 0 Å². The molecule has 1 nitrogen and oxygen atoms in total. The van der Waals surface area contributed by atoms with E-state index in [1.54, 1.807) is 0 Å². The van der Waals surface area contributed by atoms with E-state index in [2.05, 4.69) is 6.92 Å². The number of allylic oxidation sites excluding steroid dienone is 3. The summed E-state index contributed by atoms with van der Waals surface area (Å²) >= 11 is 0. The first-order chi connectivity index (χ1) is 4.31. The minimum absolute atomic E-state index is 0.0892. The lowest BCUT2D eigenvalue weighted by molar-refractivity contribution is 0.223. The molecule has 1 radical (unpaired) electrons. The van der Waals surface area contributed by atoms with E-state index in [4.69, 9.17) is 0 Å². The molecule has 0 unspecified atom stereocenters. The summed E-state index contributed by atoms with van der Waals surface area (Å²) in [5.74, 6) is 0. The van der Waals surface area contributed by atoms with Gasteiger partial charge in [0.05, 0.1) is 0 Å². The van der Waals surface area contributed by atoms with Gasteiger partial charge in [0.15, 0.2) is 0 Å². The molecule has 0 aliphatic carbocycles. The van der Waals surface area contributed by atoms with Crippen molar-refractivity contribution in [1.29, 1.82) is 0 Å². The van der Waals surface area contributed by atoms with Gasteiger partial charge in [0.25, 0.3) is 0 Å². The van der Waals surface area contributed by atoms with Crippen LogP contribution in [-0.4, -0.2) is 6.61 Å². The monoisotopic (exact) mass is 125 g/mol. The Bertz CT molecular complexity index is 112. The third kappa shape index (κ3) is 5.31. The first kappa shape index (κ1) is 8.44. The van der Waals surface area contributed by atoms with Crippen molar-refractivity contribution in [1.82, 2.24) is 0 Å². The normalized spacial score (nSPS) is 13.0. The SMILES string of the molecule is CCC=CC=C(C)C[O]. The van der Waals surface area contributed by atoms with Gasteiger partial charge in [0.1, 0.15) is 6.61 Å². The van der Waals surface area contributed by atoms with E-state index in [0.29, 0.717) is 0 Å². The smallest absolute Gasteiger partial charge is 0.103 e. The van der Waals surface area contributed by atoms with Gasteiger partial charge in [-0.25, -0.2) is 5.11 Å². The summed E-state index contributed by atoms with van der Waals surface area (Å²) < 4.78 is 0. The van der Waals surface area contributed by atoms with Crippen molar-refractivity contribution in [2.24, 2.45) is 0 Å². The van der Waals surface area contributed by atoms with Crippen molar-refractivity contribution in [3.63, 3.8) is 0 Å². The van der Waals surface area contributed by atoms with Crippen molar-refractivity contribution >= 4 is 0 Å². The Morgan fingerprint density at radius 1 is 1.56 bits per heavy atom. The van der Waals surface area contributed by atoms with Crippen LogP contribution >= 0.6 is 0 Å². The molecule has 0 aromatic carbocycles. The number of rotatable bonds is 3. The van der Waals surface area contributed by atoms with Crippen molar-refractivity contribution in [3.8, 4) is 0 Å². The van der Waals surface area contributed by atoms with Crippen LogP contribution < -0.4 is 0 Å². The molecule has 0 heterocycles. The third-order valence-corrected chi connectivity index (χ3v) is 0.980. The van der Waals surface area contributed by atoms with E-state index >= 15 is 0 Å². The summed E-state index contributed by atoms with van der Waals surface area (Å²) in [7, 11) is 0. The first-order valence-corrected chi connectivity index (χ1v) is 3.21. The van der Waals surface area contributed by atoms with E-state index < -0.39 is 0 Å². The molecule has 0 saturated carbocycles. The predicted octanol–water partition coefficient (Wildman–Crippen LogP) is 2.33. The van der Waals surface area contributed by atoms with Gasteiger partial charge in [0, 0.05) is 0 Å². The molecule has 0 atom stereocenters. The summed E-state index contributed by atoms with van der Waals surface area (Å²) in [6, 6.07) is 0. The molecule has 51 valence electrons. The Morgan fingerprint density at radius 3 is 2.67 bits per heavy atom. The van der Waals surface area contributed by atoms with Crippen LogP contribution in [0.25, 0.3) is 0 Å². The molecule has 0 rings (SSSR count). The van der Waals surface area contributed by atoms with E-state index in [9.17, 15) is 5.11 Å². The van der Waals surface area contributed by atoms with Crippen LogP contribution in [0.4, 0.5) is 0 Å². The zero-order valence-electron chi connectivity index (χ0n) is 6.05. The molecule has 0 fully saturated rings. The summed E-state index contributed by atoms with van der Waals surface area (Å²) in [6.07, 6.45) is 6.84. The zero-order chi connectivity index (χ0) is 7.11. The fourth-order valence-electron chi connectivity index (χ4n) is 0.417. The Kier molecular flexibility index (Phi) is 5.23. The minimum Gasteiger partial charge on any atom is -0.232 e. The molecular weight excluding hydrogens is 112 g/mol. The predicted molar refractivity (Wildman–Crippen MR) is 38.7 cm³/mol. The zero-order valence-corrected chi connectivity index (χ0v) is 6.05. The van der Waals surface area contributed by atoms with Gasteiger partial charge in [-0.2, -0.15) is 0 Å². The summed E-state index contributed by atoms with van der Waals surface area (Å²) in [4.78, 5) is 0. The van der Waals surface area contributed by atoms with Crippen LogP contribution in [0.3, 0.4) is 0 Å². The van der Waals surface area contributed by atoms with Gasteiger partial charge in [-0.1, -0.05) is 25.2 Å². The second-order valence-corrected chi connectivity index (χ2v) is 1.99.